The lowest BCUT2D eigenvalue weighted by atomic mass is 10.1. The fourth-order valence-electron chi connectivity index (χ4n) is 1.41. The molecule has 94 valence electrons. The summed E-state index contributed by atoms with van der Waals surface area (Å²) in [7, 11) is 1.54. The molecule has 0 radical (unpaired) electrons. The number of benzene rings is 1. The molecule has 0 spiro atoms. The van der Waals surface area contributed by atoms with Gasteiger partial charge in [0.25, 0.3) is 5.91 Å². The van der Waals surface area contributed by atoms with Gasteiger partial charge in [0.1, 0.15) is 5.75 Å². The van der Waals surface area contributed by atoms with Crippen molar-refractivity contribution in [1.29, 1.82) is 0 Å². The molecule has 3 nitrogen and oxygen atoms in total. The standard InChI is InChI=1S/C13H18ClNO2/c1-8-6-11(17-5)9(7-10(8)14)12(16)15-13(2,3)4/h6-7H,1-5H3,(H,15,16). The first-order valence-corrected chi connectivity index (χ1v) is 5.79. The number of hydrogen-bond acceptors (Lipinski definition) is 2. The molecule has 0 saturated carbocycles. The van der Waals surface area contributed by atoms with Crippen molar-refractivity contribution < 1.29 is 9.53 Å². The summed E-state index contributed by atoms with van der Waals surface area (Å²) >= 11 is 6.02. The highest BCUT2D eigenvalue weighted by molar-refractivity contribution is 6.31. The lowest BCUT2D eigenvalue weighted by Gasteiger charge is -2.21. The number of halogens is 1. The maximum atomic E-state index is 12.1. The van der Waals surface area contributed by atoms with Crippen molar-refractivity contribution in [2.75, 3.05) is 7.11 Å². The molecule has 1 N–H and O–H groups in total. The summed E-state index contributed by atoms with van der Waals surface area (Å²) in [6.45, 7) is 7.64. The minimum Gasteiger partial charge on any atom is -0.496 e. The second kappa shape index (κ2) is 4.96. The highest BCUT2D eigenvalue weighted by atomic mass is 35.5. The highest BCUT2D eigenvalue weighted by Gasteiger charge is 2.19. The molecule has 0 heterocycles. The van der Waals surface area contributed by atoms with E-state index in [0.29, 0.717) is 16.3 Å². The predicted molar refractivity (Wildman–Crippen MR) is 70.0 cm³/mol. The summed E-state index contributed by atoms with van der Waals surface area (Å²) in [5.41, 5.74) is 1.05. The number of carbonyl (C=O) groups is 1. The van der Waals surface area contributed by atoms with E-state index in [1.54, 1.807) is 12.1 Å². The topological polar surface area (TPSA) is 38.3 Å². The van der Waals surface area contributed by atoms with Gasteiger partial charge in [0.15, 0.2) is 0 Å². The van der Waals surface area contributed by atoms with E-state index < -0.39 is 0 Å². The van der Waals surface area contributed by atoms with Crippen LogP contribution in [-0.2, 0) is 0 Å². The predicted octanol–water partition coefficient (Wildman–Crippen LogP) is 3.19. The van der Waals surface area contributed by atoms with Crippen molar-refractivity contribution in [3.05, 3.63) is 28.3 Å². The average molecular weight is 256 g/mol. The van der Waals surface area contributed by atoms with Gasteiger partial charge in [0, 0.05) is 10.6 Å². The Balaban J connectivity index is 3.12. The van der Waals surface area contributed by atoms with Gasteiger partial charge in [-0.05, 0) is 45.4 Å². The number of carbonyl (C=O) groups excluding carboxylic acids is 1. The van der Waals surface area contributed by atoms with Crippen LogP contribution in [0.25, 0.3) is 0 Å². The molecule has 1 rings (SSSR count). The Morgan fingerprint density at radius 3 is 2.41 bits per heavy atom. The van der Waals surface area contributed by atoms with Crippen LogP contribution in [0, 0.1) is 6.92 Å². The van der Waals surface area contributed by atoms with Gasteiger partial charge >= 0.3 is 0 Å². The van der Waals surface area contributed by atoms with E-state index in [1.807, 2.05) is 27.7 Å². The van der Waals surface area contributed by atoms with Crippen molar-refractivity contribution >= 4 is 17.5 Å². The SMILES string of the molecule is COc1cc(C)c(Cl)cc1C(=O)NC(C)(C)C. The zero-order valence-corrected chi connectivity index (χ0v) is 11.6. The third kappa shape index (κ3) is 3.63. The minimum absolute atomic E-state index is 0.184. The van der Waals surface area contributed by atoms with E-state index in [0.717, 1.165) is 5.56 Å². The van der Waals surface area contributed by atoms with Gasteiger partial charge in [-0.3, -0.25) is 4.79 Å². The van der Waals surface area contributed by atoms with Crippen molar-refractivity contribution in [2.24, 2.45) is 0 Å². The Kier molecular flexibility index (Phi) is 4.04. The normalized spacial score (nSPS) is 11.2. The quantitative estimate of drug-likeness (QED) is 0.882. The molecule has 17 heavy (non-hydrogen) atoms. The van der Waals surface area contributed by atoms with E-state index in [4.69, 9.17) is 16.3 Å². The number of hydrogen-bond donors (Lipinski definition) is 1. The van der Waals surface area contributed by atoms with E-state index in [9.17, 15) is 4.79 Å². The van der Waals surface area contributed by atoms with Gasteiger partial charge in [-0.25, -0.2) is 0 Å². The molecule has 0 saturated heterocycles. The van der Waals surface area contributed by atoms with Crippen molar-refractivity contribution in [3.63, 3.8) is 0 Å². The Morgan fingerprint density at radius 2 is 1.94 bits per heavy atom. The molecule has 0 aliphatic rings. The van der Waals surface area contributed by atoms with Crippen LogP contribution in [0.5, 0.6) is 5.75 Å². The van der Waals surface area contributed by atoms with Gasteiger partial charge in [0.05, 0.1) is 12.7 Å². The van der Waals surface area contributed by atoms with Gasteiger partial charge in [-0.15, -0.1) is 0 Å². The van der Waals surface area contributed by atoms with Crippen LogP contribution < -0.4 is 10.1 Å². The van der Waals surface area contributed by atoms with Crippen LogP contribution in [0.3, 0.4) is 0 Å². The number of ether oxygens (including phenoxy) is 1. The van der Waals surface area contributed by atoms with Crippen LogP contribution in [0.2, 0.25) is 5.02 Å². The summed E-state index contributed by atoms with van der Waals surface area (Å²) in [4.78, 5) is 12.1. The monoisotopic (exact) mass is 255 g/mol. The zero-order valence-electron chi connectivity index (χ0n) is 10.8. The Bertz CT molecular complexity index is 436. The smallest absolute Gasteiger partial charge is 0.255 e. The van der Waals surface area contributed by atoms with Crippen molar-refractivity contribution in [2.45, 2.75) is 33.2 Å². The lowest BCUT2D eigenvalue weighted by molar-refractivity contribution is 0.0916. The summed E-state index contributed by atoms with van der Waals surface area (Å²) < 4.78 is 5.20. The molecule has 1 aromatic carbocycles. The van der Waals surface area contributed by atoms with Crippen LogP contribution in [0.1, 0.15) is 36.7 Å². The third-order valence-corrected chi connectivity index (χ3v) is 2.62. The van der Waals surface area contributed by atoms with Crippen molar-refractivity contribution in [1.82, 2.24) is 5.32 Å². The molecule has 0 aromatic heterocycles. The zero-order chi connectivity index (χ0) is 13.2. The van der Waals surface area contributed by atoms with E-state index in [1.165, 1.54) is 7.11 Å². The second-order valence-electron chi connectivity index (χ2n) is 5.01. The van der Waals surface area contributed by atoms with E-state index >= 15 is 0 Å². The van der Waals surface area contributed by atoms with E-state index in [2.05, 4.69) is 5.32 Å². The van der Waals surface area contributed by atoms with Crippen LogP contribution in [0.15, 0.2) is 12.1 Å². The van der Waals surface area contributed by atoms with Crippen molar-refractivity contribution in [3.8, 4) is 5.75 Å². The molecule has 0 bridgehead atoms. The minimum atomic E-state index is -0.292. The average Bonchev–Trinajstić information content (AvgIpc) is 2.18. The van der Waals surface area contributed by atoms with Crippen LogP contribution in [-0.4, -0.2) is 18.6 Å². The summed E-state index contributed by atoms with van der Waals surface area (Å²) in [6, 6.07) is 3.40. The molecule has 0 unspecified atom stereocenters. The fourth-order valence-corrected chi connectivity index (χ4v) is 1.57. The second-order valence-corrected chi connectivity index (χ2v) is 5.41. The molecule has 1 amide bonds. The summed E-state index contributed by atoms with van der Waals surface area (Å²) in [6.07, 6.45) is 0. The van der Waals surface area contributed by atoms with E-state index in [-0.39, 0.29) is 11.4 Å². The Morgan fingerprint density at radius 1 is 1.35 bits per heavy atom. The maximum absolute atomic E-state index is 12.1. The highest BCUT2D eigenvalue weighted by Crippen LogP contribution is 2.26. The molecule has 4 heteroatoms. The lowest BCUT2D eigenvalue weighted by Crippen LogP contribution is -2.40. The number of amides is 1. The first-order valence-electron chi connectivity index (χ1n) is 5.41. The molecule has 1 aromatic rings. The molecule has 0 aliphatic carbocycles. The molecule has 0 aliphatic heterocycles. The summed E-state index contributed by atoms with van der Waals surface area (Å²) in [5.74, 6) is 0.352. The first kappa shape index (κ1) is 13.8. The number of methoxy groups -OCH3 is 1. The van der Waals surface area contributed by atoms with Gasteiger partial charge in [-0.1, -0.05) is 11.6 Å². The molecule has 0 atom stereocenters. The number of aryl methyl sites for hydroxylation is 1. The summed E-state index contributed by atoms with van der Waals surface area (Å²) in [5, 5.41) is 3.44. The van der Waals surface area contributed by atoms with Crippen LogP contribution >= 0.6 is 11.6 Å². The van der Waals surface area contributed by atoms with Gasteiger partial charge in [0.2, 0.25) is 0 Å². The fraction of sp³-hybridized carbons (Fsp3) is 0.462. The first-order chi connectivity index (χ1) is 7.74. The molecular formula is C13H18ClNO2. The third-order valence-electron chi connectivity index (χ3n) is 2.21. The molecule has 0 fully saturated rings. The maximum Gasteiger partial charge on any atom is 0.255 e. The van der Waals surface area contributed by atoms with Gasteiger partial charge < -0.3 is 10.1 Å². The Labute approximate surface area is 107 Å². The largest absolute Gasteiger partial charge is 0.496 e. The number of nitrogens with one attached hydrogen (secondary N) is 1. The number of rotatable bonds is 2. The van der Waals surface area contributed by atoms with Gasteiger partial charge in [-0.2, -0.15) is 0 Å². The van der Waals surface area contributed by atoms with Crippen LogP contribution in [0.4, 0.5) is 0 Å². The Hall–Kier alpha value is -1.22. The molecular weight excluding hydrogens is 238 g/mol.